The maximum absolute atomic E-state index is 11.7. The smallest absolute Gasteiger partial charge is 0.234 e. The summed E-state index contributed by atoms with van der Waals surface area (Å²) in [4.78, 5) is 12.4. The summed E-state index contributed by atoms with van der Waals surface area (Å²) in [5.41, 5.74) is -0.838. The summed E-state index contributed by atoms with van der Waals surface area (Å²) in [6.07, 6.45) is 0.828. The Morgan fingerprint density at radius 3 is 2.89 bits per heavy atom. The van der Waals surface area contributed by atoms with E-state index in [-0.39, 0.29) is 5.91 Å². The summed E-state index contributed by atoms with van der Waals surface area (Å²) in [5, 5.41) is 24.5. The molecule has 0 saturated carbocycles. The van der Waals surface area contributed by atoms with Crippen molar-refractivity contribution in [3.63, 3.8) is 0 Å². The number of nitrogens with zero attached hydrogens (tertiary/aromatic N) is 5. The first-order valence-corrected chi connectivity index (χ1v) is 6.63. The van der Waals surface area contributed by atoms with Gasteiger partial charge >= 0.3 is 0 Å². The molecule has 0 radical (unpaired) electrons. The average molecular weight is 278 g/mol. The molecular formula is C11H14N6OS. The normalized spacial score (nSPS) is 11.5. The van der Waals surface area contributed by atoms with Gasteiger partial charge in [-0.3, -0.25) is 4.79 Å². The highest BCUT2D eigenvalue weighted by Crippen LogP contribution is 2.15. The second-order valence-electron chi connectivity index (χ2n) is 4.72. The summed E-state index contributed by atoms with van der Waals surface area (Å²) < 4.78 is 1.66. The summed E-state index contributed by atoms with van der Waals surface area (Å²) in [7, 11) is 0. The Morgan fingerprint density at radius 1 is 1.53 bits per heavy atom. The molecule has 0 bridgehead atoms. The maximum Gasteiger partial charge on any atom is 0.234 e. The molecule has 2 aromatic rings. The van der Waals surface area contributed by atoms with Gasteiger partial charge in [0.15, 0.2) is 5.82 Å². The predicted octanol–water partition coefficient (Wildman–Crippen LogP) is 0.845. The van der Waals surface area contributed by atoms with Crippen molar-refractivity contribution in [2.75, 3.05) is 0 Å². The van der Waals surface area contributed by atoms with E-state index < -0.39 is 5.54 Å². The number of carbonyl (C=O) groups is 1. The van der Waals surface area contributed by atoms with Crippen LogP contribution in [0, 0.1) is 18.3 Å². The lowest BCUT2D eigenvalue weighted by Crippen LogP contribution is -2.42. The van der Waals surface area contributed by atoms with Crippen LogP contribution in [0.15, 0.2) is 0 Å². The van der Waals surface area contributed by atoms with Crippen LogP contribution in [-0.2, 0) is 11.2 Å². The van der Waals surface area contributed by atoms with Gasteiger partial charge in [-0.25, -0.2) is 0 Å². The highest BCUT2D eigenvalue weighted by molar-refractivity contribution is 7.16. The van der Waals surface area contributed by atoms with Gasteiger partial charge in [-0.05, 0) is 20.8 Å². The van der Waals surface area contributed by atoms with Crippen molar-refractivity contribution >= 4 is 22.2 Å². The molecule has 0 aromatic carbocycles. The molecule has 2 heterocycles. The average Bonchev–Trinajstić information content (AvgIpc) is 2.89. The molecule has 1 N–H and O–H groups in total. The number of fused-ring (bicyclic) bond motifs is 1. The van der Waals surface area contributed by atoms with Gasteiger partial charge in [0.25, 0.3) is 0 Å². The molecule has 1 amide bonds. The number of rotatable bonds is 4. The van der Waals surface area contributed by atoms with Crippen molar-refractivity contribution in [2.24, 2.45) is 0 Å². The first-order valence-electron chi connectivity index (χ1n) is 5.81. The van der Waals surface area contributed by atoms with Gasteiger partial charge in [-0.15, -0.1) is 10.2 Å². The number of nitrogens with one attached hydrogen (secondary N) is 1. The van der Waals surface area contributed by atoms with E-state index in [1.165, 1.54) is 11.3 Å². The molecule has 0 fully saturated rings. The molecule has 2 aromatic heterocycles. The van der Waals surface area contributed by atoms with Crippen LogP contribution in [0.5, 0.6) is 0 Å². The van der Waals surface area contributed by atoms with Gasteiger partial charge in [-0.1, -0.05) is 11.3 Å². The van der Waals surface area contributed by atoms with E-state index in [1.54, 1.807) is 18.4 Å². The topological polar surface area (TPSA) is 96.0 Å². The highest BCUT2D eigenvalue weighted by Gasteiger charge is 2.19. The molecule has 0 spiro atoms. The van der Waals surface area contributed by atoms with Gasteiger partial charge in [-0.2, -0.15) is 14.9 Å². The lowest BCUT2D eigenvalue weighted by atomic mass is 10.1. The molecule has 7 nitrogen and oxygen atoms in total. The van der Waals surface area contributed by atoms with Crippen molar-refractivity contribution in [2.45, 2.75) is 39.2 Å². The van der Waals surface area contributed by atoms with Gasteiger partial charge in [0.05, 0.1) is 6.07 Å². The zero-order chi connectivity index (χ0) is 14.0. The lowest BCUT2D eigenvalue weighted by molar-refractivity contribution is -0.122. The van der Waals surface area contributed by atoms with E-state index in [0.717, 1.165) is 15.8 Å². The van der Waals surface area contributed by atoms with Crippen LogP contribution in [0.3, 0.4) is 0 Å². The molecule has 0 atom stereocenters. The summed E-state index contributed by atoms with van der Waals surface area (Å²) in [6.45, 7) is 5.15. The minimum Gasteiger partial charge on any atom is -0.338 e. The zero-order valence-corrected chi connectivity index (χ0v) is 11.8. The van der Waals surface area contributed by atoms with Gasteiger partial charge in [0.2, 0.25) is 10.9 Å². The summed E-state index contributed by atoms with van der Waals surface area (Å²) >= 11 is 1.42. The Kier molecular flexibility index (Phi) is 3.48. The second kappa shape index (κ2) is 4.93. The molecule has 19 heavy (non-hydrogen) atoms. The van der Waals surface area contributed by atoms with Crippen molar-refractivity contribution < 1.29 is 4.79 Å². The number of hydrogen-bond acceptors (Lipinski definition) is 6. The molecule has 0 saturated heterocycles. The fraction of sp³-hybridized carbons (Fsp3) is 0.545. The van der Waals surface area contributed by atoms with Gasteiger partial charge in [0.1, 0.15) is 10.5 Å². The standard InChI is InChI=1S/C11H14N6OS/c1-7-14-15-10-17(7)16-9(19-10)5-4-8(18)13-11(2,3)6-12/h4-5H2,1-3H3,(H,13,18). The number of aryl methyl sites for hydroxylation is 2. The van der Waals surface area contributed by atoms with Crippen LogP contribution in [0.2, 0.25) is 0 Å². The van der Waals surface area contributed by atoms with E-state index in [9.17, 15) is 4.79 Å². The van der Waals surface area contributed by atoms with Gasteiger partial charge < -0.3 is 5.32 Å². The van der Waals surface area contributed by atoms with Crippen LogP contribution in [0.25, 0.3) is 4.96 Å². The maximum atomic E-state index is 11.7. The monoisotopic (exact) mass is 278 g/mol. The Morgan fingerprint density at radius 2 is 2.26 bits per heavy atom. The minimum absolute atomic E-state index is 0.158. The van der Waals surface area contributed by atoms with Crippen molar-refractivity contribution in [3.05, 3.63) is 10.8 Å². The van der Waals surface area contributed by atoms with Crippen LogP contribution < -0.4 is 5.32 Å². The number of nitriles is 1. The molecule has 2 rings (SSSR count). The fourth-order valence-electron chi connectivity index (χ4n) is 1.51. The van der Waals surface area contributed by atoms with Crippen LogP contribution >= 0.6 is 11.3 Å². The highest BCUT2D eigenvalue weighted by atomic mass is 32.1. The fourth-order valence-corrected chi connectivity index (χ4v) is 2.39. The molecule has 0 aliphatic carbocycles. The first-order chi connectivity index (χ1) is 8.91. The molecule has 0 aliphatic heterocycles. The van der Waals surface area contributed by atoms with E-state index in [4.69, 9.17) is 5.26 Å². The molecule has 0 aliphatic rings. The third-order valence-corrected chi connectivity index (χ3v) is 3.44. The number of hydrogen-bond donors (Lipinski definition) is 1. The predicted molar refractivity (Wildman–Crippen MR) is 69.6 cm³/mol. The quantitative estimate of drug-likeness (QED) is 0.894. The Hall–Kier alpha value is -2.01. The van der Waals surface area contributed by atoms with Crippen molar-refractivity contribution in [1.29, 1.82) is 5.26 Å². The molecule has 0 unspecified atom stereocenters. The first kappa shape index (κ1) is 13.4. The van der Waals surface area contributed by atoms with Crippen LogP contribution in [-0.4, -0.2) is 31.3 Å². The van der Waals surface area contributed by atoms with Crippen LogP contribution in [0.1, 0.15) is 31.1 Å². The molecule has 100 valence electrons. The Bertz CT molecular complexity index is 650. The van der Waals surface area contributed by atoms with Gasteiger partial charge in [0, 0.05) is 12.8 Å². The van der Waals surface area contributed by atoms with E-state index in [1.807, 2.05) is 13.0 Å². The molecule has 8 heteroatoms. The van der Waals surface area contributed by atoms with E-state index in [2.05, 4.69) is 20.6 Å². The molecular weight excluding hydrogens is 264 g/mol. The van der Waals surface area contributed by atoms with Crippen molar-refractivity contribution in [3.8, 4) is 6.07 Å². The van der Waals surface area contributed by atoms with Crippen molar-refractivity contribution in [1.82, 2.24) is 25.1 Å². The lowest BCUT2D eigenvalue weighted by Gasteiger charge is -2.16. The van der Waals surface area contributed by atoms with E-state index >= 15 is 0 Å². The third-order valence-electron chi connectivity index (χ3n) is 2.49. The minimum atomic E-state index is -0.838. The van der Waals surface area contributed by atoms with Crippen LogP contribution in [0.4, 0.5) is 0 Å². The Labute approximate surface area is 114 Å². The Balaban J connectivity index is 1.95. The second-order valence-corrected chi connectivity index (χ2v) is 5.76. The summed E-state index contributed by atoms with van der Waals surface area (Å²) in [6, 6.07) is 2.03. The third kappa shape index (κ3) is 3.06. The summed E-state index contributed by atoms with van der Waals surface area (Å²) in [5.74, 6) is 0.571. The zero-order valence-electron chi connectivity index (χ0n) is 11.0. The number of carbonyl (C=O) groups excluding carboxylic acids is 1. The number of amides is 1. The largest absolute Gasteiger partial charge is 0.338 e. The van der Waals surface area contributed by atoms with E-state index in [0.29, 0.717) is 12.8 Å². The SMILES string of the molecule is Cc1nnc2sc(CCC(=O)NC(C)(C)C#N)nn12. The number of aromatic nitrogens is 4.